The second kappa shape index (κ2) is 5.29. The summed E-state index contributed by atoms with van der Waals surface area (Å²) < 4.78 is 5.83. The molecule has 0 radical (unpaired) electrons. The molecule has 0 spiro atoms. The van der Waals surface area contributed by atoms with Gasteiger partial charge in [0, 0.05) is 19.5 Å². The highest BCUT2D eigenvalue weighted by Crippen LogP contribution is 2.27. The smallest absolute Gasteiger partial charge is 0.123 e. The molecular formula is C15H23NO2. The number of hydrogen-bond acceptors (Lipinski definition) is 3. The van der Waals surface area contributed by atoms with Crippen LogP contribution in [0.5, 0.6) is 5.75 Å². The molecule has 0 aromatic heterocycles. The summed E-state index contributed by atoms with van der Waals surface area (Å²) in [6.07, 6.45) is 0.810. The van der Waals surface area contributed by atoms with E-state index >= 15 is 0 Å². The lowest BCUT2D eigenvalue weighted by Crippen LogP contribution is -2.40. The molecule has 0 bridgehead atoms. The third kappa shape index (κ3) is 3.24. The van der Waals surface area contributed by atoms with Crippen LogP contribution in [-0.4, -0.2) is 30.4 Å². The van der Waals surface area contributed by atoms with Crippen LogP contribution in [0.1, 0.15) is 26.3 Å². The van der Waals surface area contributed by atoms with Gasteiger partial charge < -0.3 is 15.2 Å². The van der Waals surface area contributed by atoms with E-state index in [1.165, 1.54) is 5.56 Å². The normalized spacial score (nSPS) is 20.3. The fourth-order valence-corrected chi connectivity index (χ4v) is 2.06. The first kappa shape index (κ1) is 13.4. The van der Waals surface area contributed by atoms with Gasteiger partial charge in [0.05, 0.1) is 6.10 Å². The van der Waals surface area contributed by atoms with E-state index in [0.717, 1.165) is 18.7 Å². The molecule has 1 heterocycles. The molecule has 0 saturated carbocycles. The minimum absolute atomic E-state index is 0.0769. The van der Waals surface area contributed by atoms with Crippen molar-refractivity contribution in [2.45, 2.75) is 39.4 Å². The molecule has 1 aliphatic heterocycles. The second-order valence-corrected chi connectivity index (χ2v) is 6.09. The molecule has 100 valence electrons. The molecule has 0 fully saturated rings. The lowest BCUT2D eigenvalue weighted by Gasteiger charge is -2.26. The summed E-state index contributed by atoms with van der Waals surface area (Å²) >= 11 is 0. The molecule has 3 nitrogen and oxygen atoms in total. The van der Waals surface area contributed by atoms with Crippen molar-refractivity contribution >= 4 is 0 Å². The number of fused-ring (bicyclic) bond motifs is 1. The highest BCUT2D eigenvalue weighted by atomic mass is 16.5. The molecule has 2 N–H and O–H groups in total. The van der Waals surface area contributed by atoms with Gasteiger partial charge in [-0.1, -0.05) is 39.0 Å². The first-order valence-electron chi connectivity index (χ1n) is 6.60. The van der Waals surface area contributed by atoms with Crippen LogP contribution in [-0.2, 0) is 6.42 Å². The van der Waals surface area contributed by atoms with E-state index in [1.807, 2.05) is 39.0 Å². The molecule has 1 aliphatic rings. The highest BCUT2D eigenvalue weighted by molar-refractivity contribution is 5.37. The zero-order valence-corrected chi connectivity index (χ0v) is 11.4. The number of aliphatic hydroxyl groups is 1. The number of aliphatic hydroxyl groups excluding tert-OH is 1. The Balaban J connectivity index is 1.74. The number of ether oxygens (including phenoxy) is 1. The quantitative estimate of drug-likeness (QED) is 0.857. The molecule has 1 aromatic carbocycles. The van der Waals surface area contributed by atoms with Gasteiger partial charge in [-0.15, -0.1) is 0 Å². The summed E-state index contributed by atoms with van der Waals surface area (Å²) in [7, 11) is 0. The van der Waals surface area contributed by atoms with Crippen molar-refractivity contribution < 1.29 is 9.84 Å². The summed E-state index contributed by atoms with van der Waals surface area (Å²) in [5, 5.41) is 13.2. The van der Waals surface area contributed by atoms with Crippen LogP contribution in [0.4, 0.5) is 0 Å². The topological polar surface area (TPSA) is 41.5 Å². The van der Waals surface area contributed by atoms with Crippen molar-refractivity contribution in [1.29, 1.82) is 0 Å². The van der Waals surface area contributed by atoms with Crippen molar-refractivity contribution in [3.8, 4) is 5.75 Å². The van der Waals surface area contributed by atoms with Gasteiger partial charge in [0.2, 0.25) is 0 Å². The van der Waals surface area contributed by atoms with Gasteiger partial charge >= 0.3 is 0 Å². The van der Waals surface area contributed by atoms with Crippen LogP contribution in [0.15, 0.2) is 24.3 Å². The number of rotatable bonds is 4. The Bertz CT molecular complexity index is 373. The van der Waals surface area contributed by atoms with Crippen LogP contribution in [0, 0.1) is 5.41 Å². The highest BCUT2D eigenvalue weighted by Gasteiger charge is 2.24. The van der Waals surface area contributed by atoms with Gasteiger partial charge in [-0.05, 0) is 17.0 Å². The minimum atomic E-state index is -0.332. The Hall–Kier alpha value is -1.06. The third-order valence-electron chi connectivity index (χ3n) is 3.42. The van der Waals surface area contributed by atoms with Crippen LogP contribution >= 0.6 is 0 Å². The maximum Gasteiger partial charge on any atom is 0.123 e. The molecule has 18 heavy (non-hydrogen) atoms. The van der Waals surface area contributed by atoms with Gasteiger partial charge in [0.25, 0.3) is 0 Å². The van der Waals surface area contributed by atoms with Crippen LogP contribution < -0.4 is 10.1 Å². The average Bonchev–Trinajstić information content (AvgIpc) is 2.70. The van der Waals surface area contributed by atoms with Crippen molar-refractivity contribution in [1.82, 2.24) is 5.32 Å². The monoisotopic (exact) mass is 249 g/mol. The second-order valence-electron chi connectivity index (χ2n) is 6.09. The number of para-hydroxylation sites is 1. The van der Waals surface area contributed by atoms with Gasteiger partial charge in [0.1, 0.15) is 11.9 Å². The summed E-state index contributed by atoms with van der Waals surface area (Å²) in [6, 6.07) is 8.16. The first-order chi connectivity index (χ1) is 8.47. The van der Waals surface area contributed by atoms with Gasteiger partial charge in [-0.2, -0.15) is 0 Å². The van der Waals surface area contributed by atoms with Crippen LogP contribution in [0.2, 0.25) is 0 Å². The Kier molecular flexibility index (Phi) is 3.93. The zero-order valence-electron chi connectivity index (χ0n) is 11.4. The molecule has 0 saturated heterocycles. The van der Waals surface area contributed by atoms with E-state index in [9.17, 15) is 5.11 Å². The Morgan fingerprint density at radius 1 is 1.39 bits per heavy atom. The largest absolute Gasteiger partial charge is 0.488 e. The van der Waals surface area contributed by atoms with Gasteiger partial charge in [-0.25, -0.2) is 0 Å². The van der Waals surface area contributed by atoms with Gasteiger partial charge in [0.15, 0.2) is 0 Å². The molecule has 3 heteroatoms. The van der Waals surface area contributed by atoms with E-state index in [1.54, 1.807) is 0 Å². The fourth-order valence-electron chi connectivity index (χ4n) is 2.06. The lowest BCUT2D eigenvalue weighted by atomic mass is 9.89. The summed E-state index contributed by atoms with van der Waals surface area (Å²) in [5.41, 5.74) is 1.20. The van der Waals surface area contributed by atoms with Crippen molar-refractivity contribution in [2.75, 3.05) is 13.1 Å². The number of nitrogens with one attached hydrogen (secondary N) is 1. The molecule has 2 rings (SSSR count). The SMILES string of the molecule is CC(C)(C)C(O)CNCC1Cc2ccccc2O1. The van der Waals surface area contributed by atoms with Gasteiger partial charge in [-0.3, -0.25) is 0 Å². The molecule has 0 aliphatic carbocycles. The fraction of sp³-hybridized carbons (Fsp3) is 0.600. The van der Waals surface area contributed by atoms with Crippen molar-refractivity contribution in [3.63, 3.8) is 0 Å². The van der Waals surface area contributed by atoms with E-state index in [4.69, 9.17) is 4.74 Å². The summed E-state index contributed by atoms with van der Waals surface area (Å²) in [4.78, 5) is 0. The summed E-state index contributed by atoms with van der Waals surface area (Å²) in [5.74, 6) is 1.00. The maximum absolute atomic E-state index is 9.93. The maximum atomic E-state index is 9.93. The predicted octanol–water partition coefficient (Wildman–Crippen LogP) is 1.99. The molecule has 2 unspecified atom stereocenters. The van der Waals surface area contributed by atoms with E-state index in [-0.39, 0.29) is 17.6 Å². The third-order valence-corrected chi connectivity index (χ3v) is 3.42. The average molecular weight is 249 g/mol. The molecule has 0 amide bonds. The Morgan fingerprint density at radius 2 is 2.11 bits per heavy atom. The Morgan fingerprint density at radius 3 is 2.78 bits per heavy atom. The first-order valence-corrected chi connectivity index (χ1v) is 6.60. The van der Waals surface area contributed by atoms with Crippen molar-refractivity contribution in [3.05, 3.63) is 29.8 Å². The minimum Gasteiger partial charge on any atom is -0.488 e. The van der Waals surface area contributed by atoms with E-state index in [0.29, 0.717) is 6.54 Å². The summed E-state index contributed by atoms with van der Waals surface area (Å²) in [6.45, 7) is 7.52. The standard InChI is InChI=1S/C15H23NO2/c1-15(2,3)14(17)10-16-9-12-8-11-6-4-5-7-13(11)18-12/h4-7,12,14,16-17H,8-10H2,1-3H3. The lowest BCUT2D eigenvalue weighted by molar-refractivity contribution is 0.0607. The zero-order chi connectivity index (χ0) is 13.2. The van der Waals surface area contributed by atoms with E-state index < -0.39 is 0 Å². The number of hydrogen-bond donors (Lipinski definition) is 2. The van der Waals surface area contributed by atoms with Crippen LogP contribution in [0.25, 0.3) is 0 Å². The Labute approximate surface area is 109 Å². The van der Waals surface area contributed by atoms with Crippen molar-refractivity contribution in [2.24, 2.45) is 5.41 Å². The van der Waals surface area contributed by atoms with Crippen LogP contribution in [0.3, 0.4) is 0 Å². The number of benzene rings is 1. The molecule has 1 aromatic rings. The predicted molar refractivity (Wildman–Crippen MR) is 72.9 cm³/mol. The van der Waals surface area contributed by atoms with E-state index in [2.05, 4.69) is 11.4 Å². The molecule has 2 atom stereocenters. The molecular weight excluding hydrogens is 226 g/mol.